The first kappa shape index (κ1) is 63.4. The van der Waals surface area contributed by atoms with Gasteiger partial charge in [0.2, 0.25) is 53.2 Å². The first-order chi connectivity index (χ1) is 35.6. The minimum Gasteiger partial charge on any atom is -0.508 e. The molecule has 2 fully saturated rings. The summed E-state index contributed by atoms with van der Waals surface area (Å²) in [5.41, 5.74) is 6.56. The van der Waals surface area contributed by atoms with Crippen molar-refractivity contribution in [1.29, 1.82) is 0 Å². The van der Waals surface area contributed by atoms with Gasteiger partial charge in [0.1, 0.15) is 54.1 Å². The molecule has 0 spiro atoms. The van der Waals surface area contributed by atoms with E-state index in [1.807, 2.05) is 13.8 Å². The second-order valence-corrected chi connectivity index (χ2v) is 20.9. The highest BCUT2D eigenvalue weighted by molar-refractivity contribution is 5.99. The summed E-state index contributed by atoms with van der Waals surface area (Å²) in [7, 11) is 0. The third-order valence-electron chi connectivity index (χ3n) is 13.6. The molecule has 424 valence electrons. The predicted octanol–water partition coefficient (Wildman–Crippen LogP) is -1.39. The fourth-order valence-corrected chi connectivity index (χ4v) is 8.83. The summed E-state index contributed by atoms with van der Waals surface area (Å²) in [6.45, 7) is 14.4. The molecule has 2 aliphatic rings. The van der Waals surface area contributed by atoms with Crippen molar-refractivity contribution in [2.24, 2.45) is 29.4 Å². The Balaban J connectivity index is 1.76. The van der Waals surface area contributed by atoms with Gasteiger partial charge in [0.05, 0.1) is 25.1 Å². The quantitative estimate of drug-likeness (QED) is 0.0460. The highest BCUT2D eigenvalue weighted by Gasteiger charge is 2.43. The van der Waals surface area contributed by atoms with Gasteiger partial charge in [0.15, 0.2) is 0 Å². The highest BCUT2D eigenvalue weighted by atomic mass is 16.4. The minimum atomic E-state index is -1.85. The summed E-state index contributed by atoms with van der Waals surface area (Å²) in [4.78, 5) is 149. The topological polar surface area (TPSA) is 385 Å². The number of aromatic hydroxyl groups is 1. The number of phenols is 1. The normalized spacial score (nSPS) is 19.0. The average molecular weight is 1070 g/mol. The maximum absolute atomic E-state index is 14.1. The molecule has 25 heteroatoms. The predicted molar refractivity (Wildman–Crippen MR) is 274 cm³/mol. The fraction of sp³-hybridized carbons (Fsp3) is 0.667. The Hall–Kier alpha value is -6.89. The van der Waals surface area contributed by atoms with Crippen LogP contribution in [-0.2, 0) is 59.2 Å². The molecule has 76 heavy (non-hydrogen) atoms. The number of carboxylic acid groups (broad SMARTS) is 2. The van der Waals surface area contributed by atoms with E-state index in [0.717, 1.165) is 9.80 Å². The lowest BCUT2D eigenvalue weighted by Crippen LogP contribution is -2.62. The van der Waals surface area contributed by atoms with E-state index >= 15 is 0 Å². The van der Waals surface area contributed by atoms with Gasteiger partial charge in [-0.2, -0.15) is 0 Å². The SMILES string of the molecule is CC[C@H](C)[C@H](NC(=O)[C@@H]1CCCN1C(=O)[C@@H](NC(=O)[C@H](CC(=O)O)NC(=O)[C@@H]1CCCN1C(=O)CNC(=O)[C@H](Cc1ccc(O)cc1)NC(=O)[C@H](CC(C)C)NC(=O)[C@@H](N)C(C)C)[C@@H](C)O)C(=O)N[C@H](C(=O)O)C(C)C. The maximum Gasteiger partial charge on any atom is 0.326 e. The Bertz CT molecular complexity index is 2240. The number of benzene rings is 1. The zero-order valence-corrected chi connectivity index (χ0v) is 44.9. The first-order valence-corrected chi connectivity index (χ1v) is 25.9. The van der Waals surface area contributed by atoms with Gasteiger partial charge in [-0.05, 0) is 80.4 Å². The van der Waals surface area contributed by atoms with Crippen LogP contribution in [0, 0.1) is 23.7 Å². The van der Waals surface area contributed by atoms with E-state index in [-0.39, 0.29) is 56.4 Å². The van der Waals surface area contributed by atoms with E-state index in [1.165, 1.54) is 31.2 Å². The summed E-state index contributed by atoms with van der Waals surface area (Å²) >= 11 is 0. The second kappa shape index (κ2) is 29.4. The van der Waals surface area contributed by atoms with Crippen molar-refractivity contribution in [2.45, 2.75) is 174 Å². The Morgan fingerprint density at radius 3 is 1.70 bits per heavy atom. The third kappa shape index (κ3) is 18.4. The van der Waals surface area contributed by atoms with E-state index in [9.17, 15) is 73.2 Å². The van der Waals surface area contributed by atoms with Crippen molar-refractivity contribution >= 4 is 65.1 Å². The zero-order valence-electron chi connectivity index (χ0n) is 44.9. The molecular weight excluding hydrogens is 993 g/mol. The number of nitrogens with one attached hydrogen (secondary N) is 7. The molecule has 11 atom stereocenters. The number of aliphatic hydroxyl groups is 1. The Morgan fingerprint density at radius 2 is 1.17 bits per heavy atom. The van der Waals surface area contributed by atoms with Crippen LogP contribution >= 0.6 is 0 Å². The molecule has 0 radical (unpaired) electrons. The molecule has 3 rings (SSSR count). The number of likely N-dealkylation sites (tertiary alicyclic amines) is 2. The number of rotatable bonds is 28. The first-order valence-electron chi connectivity index (χ1n) is 25.9. The van der Waals surface area contributed by atoms with Crippen LogP contribution in [0.25, 0.3) is 0 Å². The van der Waals surface area contributed by atoms with Crippen LogP contribution in [0.1, 0.15) is 113 Å². The monoisotopic (exact) mass is 1070 g/mol. The molecule has 25 nitrogen and oxygen atoms in total. The van der Waals surface area contributed by atoms with Gasteiger partial charge in [-0.15, -0.1) is 0 Å². The van der Waals surface area contributed by atoms with Crippen LogP contribution in [0.5, 0.6) is 5.75 Å². The third-order valence-corrected chi connectivity index (χ3v) is 13.6. The lowest BCUT2D eigenvalue weighted by molar-refractivity contribution is -0.146. The van der Waals surface area contributed by atoms with Crippen molar-refractivity contribution < 1.29 is 73.2 Å². The molecule has 0 aliphatic carbocycles. The molecule has 2 heterocycles. The molecule has 0 aromatic heterocycles. The number of carbonyl (C=O) groups is 11. The molecule has 0 unspecified atom stereocenters. The Morgan fingerprint density at radius 1 is 0.632 bits per heavy atom. The van der Waals surface area contributed by atoms with Gasteiger partial charge in [-0.1, -0.05) is 73.9 Å². The van der Waals surface area contributed by atoms with Crippen LogP contribution in [0.3, 0.4) is 0 Å². The minimum absolute atomic E-state index is 0.00774. The van der Waals surface area contributed by atoms with Gasteiger partial charge in [0, 0.05) is 19.5 Å². The Kier molecular flexibility index (Phi) is 24.5. The molecular formula is C51H80N10O15. The number of nitrogens with zero attached hydrogens (tertiary/aromatic N) is 2. The standard InChI is InChI=1S/C51H80N10O15/c1-10-28(8)41(49(73)57-40(27(6)7)51(75)76)58-47(71)36-14-12-20-61(36)50(74)42(29(9)62)59-45(69)34(23-38(65)66)55-46(70)35-13-11-19-60(35)37(64)24-53-43(67)33(22-30-15-17-31(63)18-16-30)54-44(68)32(21-25(2)3)56-48(72)39(52)26(4)5/h15-18,25-29,32-36,39-42,62-63H,10-14,19-24,52H2,1-9H3,(H,53,67)(H,54,68)(H,55,70)(H,56,72)(H,57,73)(H,58,71)(H,59,69)(H,65,66)(H,75,76)/t28-,29+,32-,33-,34-,35-,36-,39-,40-,41-,42-/m0/s1. The smallest absolute Gasteiger partial charge is 0.326 e. The van der Waals surface area contributed by atoms with E-state index < -0.39 is 150 Å². The highest BCUT2D eigenvalue weighted by Crippen LogP contribution is 2.22. The van der Waals surface area contributed by atoms with Crippen molar-refractivity contribution in [3.8, 4) is 5.75 Å². The maximum atomic E-state index is 14.1. The van der Waals surface area contributed by atoms with Gasteiger partial charge >= 0.3 is 11.9 Å². The summed E-state index contributed by atoms with van der Waals surface area (Å²) in [5.74, 6) is -11.5. The Labute approximate surface area is 443 Å². The number of aliphatic hydroxyl groups excluding tert-OH is 1. The van der Waals surface area contributed by atoms with Crippen LogP contribution in [0.4, 0.5) is 0 Å². The van der Waals surface area contributed by atoms with Gasteiger partial charge in [0.25, 0.3) is 0 Å². The fourth-order valence-electron chi connectivity index (χ4n) is 8.83. The molecule has 9 amide bonds. The number of amides is 9. The average Bonchev–Trinajstić information content (AvgIpc) is 4.06. The van der Waals surface area contributed by atoms with Crippen molar-refractivity contribution in [3.63, 3.8) is 0 Å². The summed E-state index contributed by atoms with van der Waals surface area (Å²) in [5, 5.41) is 57.8. The van der Waals surface area contributed by atoms with E-state index in [0.29, 0.717) is 24.8 Å². The van der Waals surface area contributed by atoms with Gasteiger partial charge in [-0.3, -0.25) is 47.9 Å². The van der Waals surface area contributed by atoms with Gasteiger partial charge < -0.3 is 73.2 Å². The molecule has 1 aromatic rings. The largest absolute Gasteiger partial charge is 0.508 e. The molecule has 13 N–H and O–H groups in total. The second-order valence-electron chi connectivity index (χ2n) is 20.9. The van der Waals surface area contributed by atoms with Crippen LogP contribution < -0.4 is 43.0 Å². The summed E-state index contributed by atoms with van der Waals surface area (Å²) < 4.78 is 0. The number of carboxylic acids is 2. The van der Waals surface area contributed by atoms with Crippen molar-refractivity contribution in [3.05, 3.63) is 29.8 Å². The number of hydrogen-bond donors (Lipinski definition) is 12. The lowest BCUT2D eigenvalue weighted by Gasteiger charge is -2.32. The summed E-state index contributed by atoms with van der Waals surface area (Å²) in [6, 6.07) is -5.94. The zero-order chi connectivity index (χ0) is 57.3. The van der Waals surface area contributed by atoms with Crippen molar-refractivity contribution in [1.82, 2.24) is 47.0 Å². The van der Waals surface area contributed by atoms with Crippen molar-refractivity contribution in [2.75, 3.05) is 19.6 Å². The molecule has 0 saturated carbocycles. The molecule has 1 aromatic carbocycles. The van der Waals surface area contributed by atoms with Crippen LogP contribution in [0.15, 0.2) is 24.3 Å². The number of carbonyl (C=O) groups excluding carboxylic acids is 9. The van der Waals surface area contributed by atoms with Crippen LogP contribution in [0.2, 0.25) is 0 Å². The summed E-state index contributed by atoms with van der Waals surface area (Å²) in [6.07, 6.45) is -1.31. The molecule has 2 saturated heterocycles. The van der Waals surface area contributed by atoms with E-state index in [2.05, 4.69) is 37.2 Å². The molecule has 0 bridgehead atoms. The van der Waals surface area contributed by atoms with Crippen LogP contribution in [-0.4, -0.2) is 175 Å². The van der Waals surface area contributed by atoms with E-state index in [1.54, 1.807) is 41.5 Å². The number of phenolic OH excluding ortho intramolecular Hbond substituents is 1. The number of nitrogens with two attached hydrogens (primary N) is 1. The van der Waals surface area contributed by atoms with E-state index in [4.69, 9.17) is 5.73 Å². The number of hydrogen-bond acceptors (Lipinski definition) is 14. The van der Waals surface area contributed by atoms with Gasteiger partial charge in [-0.25, -0.2) is 4.79 Å². The molecule has 2 aliphatic heterocycles. The number of aliphatic carboxylic acids is 2. The lowest BCUT2D eigenvalue weighted by atomic mass is 9.96.